The van der Waals surface area contributed by atoms with Crippen LogP contribution in [0.25, 0.3) is 0 Å². The van der Waals surface area contributed by atoms with E-state index in [2.05, 4.69) is 0 Å². The van der Waals surface area contributed by atoms with E-state index in [-0.39, 0.29) is 30.7 Å². The van der Waals surface area contributed by atoms with Gasteiger partial charge >= 0.3 is 0 Å². The van der Waals surface area contributed by atoms with E-state index in [9.17, 15) is 14.4 Å². The first-order chi connectivity index (χ1) is 14.6. The summed E-state index contributed by atoms with van der Waals surface area (Å²) < 4.78 is 5.45. The predicted molar refractivity (Wildman–Crippen MR) is 113 cm³/mol. The molecule has 0 spiro atoms. The van der Waals surface area contributed by atoms with Gasteiger partial charge in [-0.1, -0.05) is 37.8 Å². The van der Waals surface area contributed by atoms with Gasteiger partial charge in [0.1, 0.15) is 5.75 Å². The van der Waals surface area contributed by atoms with Crippen molar-refractivity contribution in [3.8, 4) is 5.75 Å². The summed E-state index contributed by atoms with van der Waals surface area (Å²) in [5.41, 5.74) is 0.722. The lowest BCUT2D eigenvalue weighted by atomic mass is 10.0. The van der Waals surface area contributed by atoms with Crippen molar-refractivity contribution in [1.29, 1.82) is 0 Å². The lowest BCUT2D eigenvalue weighted by Gasteiger charge is -2.35. The molecule has 0 bridgehead atoms. The van der Waals surface area contributed by atoms with Gasteiger partial charge in [-0.25, -0.2) is 0 Å². The molecule has 2 fully saturated rings. The summed E-state index contributed by atoms with van der Waals surface area (Å²) in [6.07, 6.45) is 7.07. The molecule has 1 saturated heterocycles. The van der Waals surface area contributed by atoms with Gasteiger partial charge in [0, 0.05) is 45.6 Å². The summed E-state index contributed by atoms with van der Waals surface area (Å²) >= 11 is 0. The Balaban J connectivity index is 1.22. The summed E-state index contributed by atoms with van der Waals surface area (Å²) in [4.78, 5) is 42.8. The zero-order valence-corrected chi connectivity index (χ0v) is 17.6. The van der Waals surface area contributed by atoms with Gasteiger partial charge in [0.25, 0.3) is 5.91 Å². The zero-order chi connectivity index (χ0) is 20.9. The number of hydrogen-bond acceptors (Lipinski definition) is 4. The molecular formula is C23H31N3O4. The number of piperazine rings is 1. The molecule has 0 unspecified atom stereocenters. The monoisotopic (exact) mass is 413 g/mol. The Kier molecular flexibility index (Phi) is 6.55. The number of nitrogens with zero attached hydrogens (tertiary/aromatic N) is 3. The smallest absolute Gasteiger partial charge is 0.265 e. The Morgan fingerprint density at radius 2 is 1.57 bits per heavy atom. The molecule has 1 saturated carbocycles. The number of para-hydroxylation sites is 2. The Hall–Kier alpha value is -2.57. The fourth-order valence-electron chi connectivity index (χ4n) is 4.75. The molecular weight excluding hydrogens is 382 g/mol. The number of ether oxygens (including phenoxy) is 1. The average Bonchev–Trinajstić information content (AvgIpc) is 3.30. The second-order valence-electron chi connectivity index (χ2n) is 8.50. The maximum Gasteiger partial charge on any atom is 0.265 e. The van der Waals surface area contributed by atoms with Crippen LogP contribution in [0.1, 0.15) is 44.9 Å². The fraction of sp³-hybridized carbons (Fsp3) is 0.609. The lowest BCUT2D eigenvalue weighted by molar-refractivity contribution is -0.139. The molecule has 30 heavy (non-hydrogen) atoms. The van der Waals surface area contributed by atoms with Crippen LogP contribution in [0.2, 0.25) is 0 Å². The Morgan fingerprint density at radius 1 is 0.933 bits per heavy atom. The lowest BCUT2D eigenvalue weighted by Crippen LogP contribution is -2.51. The van der Waals surface area contributed by atoms with Crippen LogP contribution in [0, 0.1) is 5.92 Å². The van der Waals surface area contributed by atoms with Crippen LogP contribution in [0.4, 0.5) is 5.69 Å². The Morgan fingerprint density at radius 3 is 2.27 bits per heavy atom. The van der Waals surface area contributed by atoms with Gasteiger partial charge < -0.3 is 19.4 Å². The van der Waals surface area contributed by atoms with Crippen LogP contribution in [0.5, 0.6) is 5.75 Å². The number of hydrogen-bond donors (Lipinski definition) is 0. The van der Waals surface area contributed by atoms with Gasteiger partial charge in [-0.15, -0.1) is 0 Å². The zero-order valence-electron chi connectivity index (χ0n) is 17.6. The molecule has 2 heterocycles. The van der Waals surface area contributed by atoms with E-state index in [4.69, 9.17) is 4.74 Å². The van der Waals surface area contributed by atoms with Crippen LogP contribution in [-0.2, 0) is 14.4 Å². The van der Waals surface area contributed by atoms with Crippen molar-refractivity contribution in [1.82, 2.24) is 9.80 Å². The third-order valence-electron chi connectivity index (χ3n) is 6.58. The third kappa shape index (κ3) is 4.77. The fourth-order valence-corrected chi connectivity index (χ4v) is 4.75. The van der Waals surface area contributed by atoms with Crippen LogP contribution in [0.15, 0.2) is 24.3 Å². The molecule has 162 valence electrons. The van der Waals surface area contributed by atoms with Crippen molar-refractivity contribution in [3.05, 3.63) is 24.3 Å². The normalized spacial score (nSPS) is 19.6. The molecule has 3 aliphatic rings. The van der Waals surface area contributed by atoms with Gasteiger partial charge in [0.05, 0.1) is 5.69 Å². The minimum absolute atomic E-state index is 0.00679. The molecule has 7 heteroatoms. The largest absolute Gasteiger partial charge is 0.482 e. The van der Waals surface area contributed by atoms with Gasteiger partial charge in [-0.05, 0) is 24.5 Å². The van der Waals surface area contributed by atoms with E-state index in [0.29, 0.717) is 44.9 Å². The highest BCUT2D eigenvalue weighted by Gasteiger charge is 2.28. The number of amides is 3. The molecule has 4 rings (SSSR count). The first-order valence-electron chi connectivity index (χ1n) is 11.2. The minimum atomic E-state index is -0.126. The summed E-state index contributed by atoms with van der Waals surface area (Å²) in [7, 11) is 0. The predicted octanol–water partition coefficient (Wildman–Crippen LogP) is 2.44. The summed E-state index contributed by atoms with van der Waals surface area (Å²) in [6, 6.07) is 7.40. The van der Waals surface area contributed by atoms with Crippen LogP contribution < -0.4 is 9.64 Å². The average molecular weight is 414 g/mol. The summed E-state index contributed by atoms with van der Waals surface area (Å²) in [6.45, 7) is 2.71. The van der Waals surface area contributed by atoms with Crippen molar-refractivity contribution in [3.63, 3.8) is 0 Å². The number of anilines is 1. The SMILES string of the molecule is O=C(CCC1CCCC1)N1CCN(C(=O)CCN2C(=O)COc3ccccc32)CC1. The van der Waals surface area contributed by atoms with E-state index < -0.39 is 0 Å². The van der Waals surface area contributed by atoms with Gasteiger partial charge in [-0.2, -0.15) is 0 Å². The number of rotatable bonds is 6. The number of carbonyl (C=O) groups is 3. The number of fused-ring (bicyclic) bond motifs is 1. The second-order valence-corrected chi connectivity index (χ2v) is 8.50. The second kappa shape index (κ2) is 9.49. The van der Waals surface area contributed by atoms with Crippen molar-refractivity contribution in [2.24, 2.45) is 5.92 Å². The standard InChI is InChI=1S/C23H31N3O4/c27-21(10-9-18-5-1-2-6-18)24-13-15-25(16-14-24)22(28)11-12-26-19-7-3-4-8-20(19)30-17-23(26)29/h3-4,7-8,18H,1-2,5-6,9-17H2. The molecule has 3 amide bonds. The van der Waals surface area contributed by atoms with E-state index in [1.54, 1.807) is 4.90 Å². The molecule has 1 aliphatic carbocycles. The van der Waals surface area contributed by atoms with Gasteiger partial charge in [-0.3, -0.25) is 14.4 Å². The van der Waals surface area contributed by atoms with Crippen LogP contribution in [-0.4, -0.2) is 66.9 Å². The summed E-state index contributed by atoms with van der Waals surface area (Å²) in [5.74, 6) is 1.53. The maximum atomic E-state index is 12.7. The number of benzene rings is 1. The molecule has 0 N–H and O–H groups in total. The van der Waals surface area contributed by atoms with E-state index in [1.807, 2.05) is 34.1 Å². The molecule has 1 aromatic rings. The molecule has 7 nitrogen and oxygen atoms in total. The molecule has 2 aliphatic heterocycles. The van der Waals surface area contributed by atoms with Crippen molar-refractivity contribution in [2.45, 2.75) is 44.9 Å². The van der Waals surface area contributed by atoms with Crippen molar-refractivity contribution < 1.29 is 19.1 Å². The molecule has 0 atom stereocenters. The van der Waals surface area contributed by atoms with E-state index in [1.165, 1.54) is 25.7 Å². The maximum absolute atomic E-state index is 12.7. The molecule has 0 aromatic heterocycles. The molecule has 0 radical (unpaired) electrons. The Bertz CT molecular complexity index is 782. The topological polar surface area (TPSA) is 70.2 Å². The van der Waals surface area contributed by atoms with E-state index in [0.717, 1.165) is 18.0 Å². The summed E-state index contributed by atoms with van der Waals surface area (Å²) in [5, 5.41) is 0. The first kappa shape index (κ1) is 20.7. The quantitative estimate of drug-likeness (QED) is 0.718. The van der Waals surface area contributed by atoms with Crippen molar-refractivity contribution >= 4 is 23.4 Å². The highest BCUT2D eigenvalue weighted by Crippen LogP contribution is 2.31. The number of carbonyl (C=O) groups excluding carboxylic acids is 3. The first-order valence-corrected chi connectivity index (χ1v) is 11.2. The van der Waals surface area contributed by atoms with Crippen LogP contribution >= 0.6 is 0 Å². The van der Waals surface area contributed by atoms with Crippen molar-refractivity contribution in [2.75, 3.05) is 44.2 Å². The minimum Gasteiger partial charge on any atom is -0.482 e. The highest BCUT2D eigenvalue weighted by atomic mass is 16.5. The Labute approximate surface area is 177 Å². The van der Waals surface area contributed by atoms with Gasteiger partial charge in [0.15, 0.2) is 6.61 Å². The van der Waals surface area contributed by atoms with E-state index >= 15 is 0 Å². The third-order valence-corrected chi connectivity index (χ3v) is 6.58. The van der Waals surface area contributed by atoms with Gasteiger partial charge in [0.2, 0.25) is 11.8 Å². The van der Waals surface area contributed by atoms with Crippen LogP contribution in [0.3, 0.4) is 0 Å². The molecule has 1 aromatic carbocycles. The highest BCUT2D eigenvalue weighted by molar-refractivity contribution is 5.98.